The van der Waals surface area contributed by atoms with Crippen molar-refractivity contribution in [1.29, 1.82) is 0 Å². The second-order valence-corrected chi connectivity index (χ2v) is 8.53. The number of alkyl halides is 4. The number of benzene rings is 1. The van der Waals surface area contributed by atoms with Gasteiger partial charge >= 0.3 is 12.1 Å². The van der Waals surface area contributed by atoms with Crippen molar-refractivity contribution < 1.29 is 27.3 Å². The normalized spacial score (nSPS) is 21.2. The van der Waals surface area contributed by atoms with Gasteiger partial charge in [-0.2, -0.15) is 13.2 Å². The molecule has 1 unspecified atom stereocenters. The number of likely N-dealkylation sites (tertiary alicyclic amines) is 1. The largest absolute Gasteiger partial charge is 0.417 e. The lowest BCUT2D eigenvalue weighted by Gasteiger charge is -2.44. The van der Waals surface area contributed by atoms with Crippen molar-refractivity contribution in [3.8, 4) is 0 Å². The second-order valence-electron chi connectivity index (χ2n) is 8.53. The molecule has 0 bridgehead atoms. The molecule has 5 nitrogen and oxygen atoms in total. The summed E-state index contributed by atoms with van der Waals surface area (Å²) in [5, 5.41) is 0. The number of aromatic nitrogens is 1. The summed E-state index contributed by atoms with van der Waals surface area (Å²) in [5.41, 5.74) is 3.15. The molecule has 33 heavy (non-hydrogen) atoms. The highest BCUT2D eigenvalue weighted by Crippen LogP contribution is 2.34. The Labute approximate surface area is 188 Å². The summed E-state index contributed by atoms with van der Waals surface area (Å²) in [5.74, 6) is -0.204. The number of carbonyl (C=O) groups is 1. The maximum atomic E-state index is 12.8. The Balaban J connectivity index is 1.29. The van der Waals surface area contributed by atoms with Crippen molar-refractivity contribution >= 4 is 22.9 Å². The van der Waals surface area contributed by atoms with Crippen LogP contribution in [0.1, 0.15) is 16.8 Å². The van der Waals surface area contributed by atoms with E-state index in [2.05, 4.69) is 14.8 Å². The molecule has 9 heteroatoms. The minimum Gasteiger partial charge on any atom is -0.365 e. The van der Waals surface area contributed by atoms with E-state index >= 15 is 0 Å². The molecule has 1 saturated heterocycles. The highest BCUT2D eigenvalue weighted by molar-refractivity contribution is 5.95. The number of hydrogen-bond acceptors (Lipinski definition) is 4. The quantitative estimate of drug-likeness (QED) is 0.699. The van der Waals surface area contributed by atoms with Gasteiger partial charge in [-0.1, -0.05) is 0 Å². The number of anilines is 1. The SMILES string of the molecule is O=C1C=C(c2ccc(C(F)(F)F)cn2)C=C[NH+]1c1ccc2c(c1)CCN2C1CN(CCF)C1. The van der Waals surface area contributed by atoms with Gasteiger partial charge in [0.1, 0.15) is 18.6 Å². The monoisotopic (exact) mass is 459 g/mol. The summed E-state index contributed by atoms with van der Waals surface area (Å²) in [6, 6.07) is 8.65. The van der Waals surface area contributed by atoms with Gasteiger partial charge in [0.25, 0.3) is 0 Å². The lowest BCUT2D eigenvalue weighted by atomic mass is 10.1. The first kappa shape index (κ1) is 21.8. The molecule has 1 aromatic carbocycles. The van der Waals surface area contributed by atoms with Crippen molar-refractivity contribution in [2.45, 2.75) is 18.6 Å². The van der Waals surface area contributed by atoms with Crippen LogP contribution in [0.3, 0.4) is 0 Å². The standard InChI is InChI=1S/C24H22F4N4O/c25-7-10-30-14-20(15-30)31-8-6-17-11-19(2-4-22(17)31)32-9-5-16(12-23(32)33)21-3-1-18(13-29-21)24(26,27)28/h1-5,9,11-13,20H,6-8,10,14-15H2/p+1. The first-order valence-electron chi connectivity index (χ1n) is 10.9. The third-order valence-electron chi connectivity index (χ3n) is 6.47. The fourth-order valence-corrected chi connectivity index (χ4v) is 4.67. The molecule has 1 fully saturated rings. The van der Waals surface area contributed by atoms with Crippen molar-refractivity contribution in [3.63, 3.8) is 0 Å². The molecule has 1 aromatic heterocycles. The predicted molar refractivity (Wildman–Crippen MR) is 116 cm³/mol. The van der Waals surface area contributed by atoms with Crippen LogP contribution in [0.5, 0.6) is 0 Å². The average molecular weight is 459 g/mol. The summed E-state index contributed by atoms with van der Waals surface area (Å²) in [6.07, 6.45) is 2.04. The molecule has 2 aromatic rings. The van der Waals surface area contributed by atoms with Crippen LogP contribution in [-0.2, 0) is 17.4 Å². The lowest BCUT2D eigenvalue weighted by Crippen LogP contribution is -3.05. The molecular formula is C24H23F4N4O+. The van der Waals surface area contributed by atoms with Crippen molar-refractivity contribution in [1.82, 2.24) is 9.88 Å². The number of nitrogens with one attached hydrogen (secondary N) is 1. The summed E-state index contributed by atoms with van der Waals surface area (Å²) < 4.78 is 50.8. The van der Waals surface area contributed by atoms with Gasteiger partial charge in [0.05, 0.1) is 23.4 Å². The molecule has 1 N–H and O–H groups in total. The van der Waals surface area contributed by atoms with Gasteiger partial charge in [-0.15, -0.1) is 0 Å². The van der Waals surface area contributed by atoms with E-state index in [1.54, 1.807) is 12.3 Å². The molecule has 1 atom stereocenters. The lowest BCUT2D eigenvalue weighted by molar-refractivity contribution is -0.684. The highest BCUT2D eigenvalue weighted by Gasteiger charge is 2.35. The van der Waals surface area contributed by atoms with Crippen LogP contribution in [0.15, 0.2) is 54.9 Å². The maximum Gasteiger partial charge on any atom is 0.417 e. The number of carbonyl (C=O) groups excluding carboxylic acids is 1. The van der Waals surface area contributed by atoms with Gasteiger partial charge < -0.3 is 4.90 Å². The van der Waals surface area contributed by atoms with Crippen LogP contribution in [0.4, 0.5) is 28.9 Å². The van der Waals surface area contributed by atoms with Crippen LogP contribution < -0.4 is 9.80 Å². The van der Waals surface area contributed by atoms with Crippen LogP contribution in [0, 0.1) is 0 Å². The first-order valence-corrected chi connectivity index (χ1v) is 10.9. The smallest absolute Gasteiger partial charge is 0.365 e. The van der Waals surface area contributed by atoms with Crippen LogP contribution in [-0.4, -0.2) is 54.7 Å². The third-order valence-corrected chi connectivity index (χ3v) is 6.47. The van der Waals surface area contributed by atoms with E-state index in [1.165, 1.54) is 23.4 Å². The average Bonchev–Trinajstić information content (AvgIpc) is 3.18. The van der Waals surface area contributed by atoms with E-state index in [-0.39, 0.29) is 12.6 Å². The Morgan fingerprint density at radius 3 is 2.64 bits per heavy atom. The molecule has 5 rings (SSSR count). The van der Waals surface area contributed by atoms with E-state index in [0.29, 0.717) is 28.8 Å². The number of pyridine rings is 1. The molecule has 4 heterocycles. The van der Waals surface area contributed by atoms with Gasteiger partial charge in [-0.25, -0.2) is 14.1 Å². The molecule has 3 aliphatic heterocycles. The zero-order valence-electron chi connectivity index (χ0n) is 17.8. The van der Waals surface area contributed by atoms with Gasteiger partial charge in [0.2, 0.25) is 0 Å². The molecule has 0 spiro atoms. The number of halogens is 4. The Morgan fingerprint density at radius 1 is 1.15 bits per heavy atom. The number of nitrogens with zero attached hydrogens (tertiary/aromatic N) is 3. The Kier molecular flexibility index (Phi) is 5.54. The first-order chi connectivity index (χ1) is 15.8. The summed E-state index contributed by atoms with van der Waals surface area (Å²) >= 11 is 0. The Hall–Kier alpha value is -3.04. The number of allylic oxidation sites excluding steroid dienone is 2. The zero-order valence-corrected chi connectivity index (χ0v) is 17.8. The molecule has 1 amide bonds. The van der Waals surface area contributed by atoms with Crippen molar-refractivity contribution in [3.05, 3.63) is 71.7 Å². The van der Waals surface area contributed by atoms with E-state index in [4.69, 9.17) is 0 Å². The molecule has 3 aliphatic rings. The Morgan fingerprint density at radius 2 is 1.97 bits per heavy atom. The highest BCUT2D eigenvalue weighted by atomic mass is 19.4. The van der Waals surface area contributed by atoms with Crippen LogP contribution in [0.25, 0.3) is 5.57 Å². The van der Waals surface area contributed by atoms with Crippen LogP contribution >= 0.6 is 0 Å². The number of amides is 1. The van der Waals surface area contributed by atoms with Gasteiger partial charge in [0.15, 0.2) is 0 Å². The summed E-state index contributed by atoms with van der Waals surface area (Å²) in [4.78, 5) is 21.7. The predicted octanol–water partition coefficient (Wildman–Crippen LogP) is 2.77. The third kappa shape index (κ3) is 4.18. The van der Waals surface area contributed by atoms with Gasteiger partial charge in [-0.3, -0.25) is 9.88 Å². The van der Waals surface area contributed by atoms with E-state index < -0.39 is 11.7 Å². The fourth-order valence-electron chi connectivity index (χ4n) is 4.67. The van der Waals surface area contributed by atoms with Crippen molar-refractivity contribution in [2.24, 2.45) is 0 Å². The Bertz CT molecular complexity index is 1120. The van der Waals surface area contributed by atoms with Crippen LogP contribution in [0.2, 0.25) is 0 Å². The zero-order chi connectivity index (χ0) is 23.2. The maximum absolute atomic E-state index is 12.8. The minimum atomic E-state index is -4.45. The van der Waals surface area contributed by atoms with E-state index in [1.807, 2.05) is 18.2 Å². The molecule has 0 radical (unpaired) electrons. The number of hydrogen-bond donors (Lipinski definition) is 1. The number of rotatable bonds is 5. The van der Waals surface area contributed by atoms with Gasteiger partial charge in [-0.05, 0) is 30.2 Å². The topological polar surface area (TPSA) is 40.9 Å². The van der Waals surface area contributed by atoms with E-state index in [0.717, 1.165) is 44.0 Å². The molecule has 0 aliphatic carbocycles. The van der Waals surface area contributed by atoms with Crippen molar-refractivity contribution in [2.75, 3.05) is 37.8 Å². The molecular weight excluding hydrogens is 436 g/mol. The molecule has 172 valence electrons. The number of fused-ring (bicyclic) bond motifs is 1. The summed E-state index contributed by atoms with van der Waals surface area (Å²) in [7, 11) is 0. The fraction of sp³-hybridized carbons (Fsp3) is 0.333. The number of quaternary nitrogens is 1. The summed E-state index contributed by atoms with van der Waals surface area (Å²) in [6.45, 7) is 2.82. The molecule has 0 saturated carbocycles. The minimum absolute atomic E-state index is 0.204. The second kappa shape index (κ2) is 8.39. The van der Waals surface area contributed by atoms with Gasteiger partial charge in [0, 0.05) is 61.8 Å². The van der Waals surface area contributed by atoms with E-state index in [9.17, 15) is 22.4 Å².